The van der Waals surface area contributed by atoms with Crippen LogP contribution in [0.1, 0.15) is 29.9 Å². The lowest BCUT2D eigenvalue weighted by molar-refractivity contribution is -0.154. The van der Waals surface area contributed by atoms with Crippen LogP contribution in [0.15, 0.2) is 48.5 Å². The highest BCUT2D eigenvalue weighted by atomic mass is 19.1. The largest absolute Gasteiger partial charge is 0.516 e. The van der Waals surface area contributed by atoms with Crippen molar-refractivity contribution in [2.24, 2.45) is 0 Å². The Kier molecular flexibility index (Phi) is 4.20. The molecular weight excluding hydrogens is 337 g/mol. The van der Waals surface area contributed by atoms with Crippen molar-refractivity contribution in [3.8, 4) is 11.1 Å². The van der Waals surface area contributed by atoms with Gasteiger partial charge < -0.3 is 9.47 Å². The number of hydrogen-bond donors (Lipinski definition) is 1. The summed E-state index contributed by atoms with van der Waals surface area (Å²) in [6.07, 6.45) is -0.679. The van der Waals surface area contributed by atoms with Gasteiger partial charge in [-0.3, -0.25) is 5.32 Å². The first kappa shape index (κ1) is 16.7. The average molecular weight is 355 g/mol. The molecule has 1 saturated heterocycles. The molecule has 0 radical (unpaired) electrons. The third-order valence-corrected chi connectivity index (χ3v) is 4.93. The summed E-state index contributed by atoms with van der Waals surface area (Å²) in [5.41, 5.74) is 4.29. The molecule has 0 aromatic heterocycles. The Morgan fingerprint density at radius 3 is 2.27 bits per heavy atom. The number of rotatable bonds is 3. The molecular formula is C20H18FNO4. The molecule has 0 saturated carbocycles. The van der Waals surface area contributed by atoms with Gasteiger partial charge in [0.05, 0.1) is 0 Å². The molecule has 1 aliphatic heterocycles. The van der Waals surface area contributed by atoms with E-state index in [1.807, 2.05) is 48.5 Å². The van der Waals surface area contributed by atoms with Crippen LogP contribution in [-0.4, -0.2) is 31.1 Å². The van der Waals surface area contributed by atoms with Crippen molar-refractivity contribution in [2.75, 3.05) is 13.2 Å². The first-order valence-electron chi connectivity index (χ1n) is 8.60. The Morgan fingerprint density at radius 2 is 1.69 bits per heavy atom. The number of carbonyl (C=O) groups excluding carboxylic acids is 2. The van der Waals surface area contributed by atoms with Crippen molar-refractivity contribution >= 4 is 12.1 Å². The summed E-state index contributed by atoms with van der Waals surface area (Å²) >= 11 is 0. The lowest BCUT2D eigenvalue weighted by Crippen LogP contribution is -2.45. The van der Waals surface area contributed by atoms with Gasteiger partial charge in [-0.15, -0.1) is 0 Å². The second kappa shape index (κ2) is 6.53. The molecule has 0 bridgehead atoms. The van der Waals surface area contributed by atoms with E-state index in [1.54, 1.807) is 0 Å². The average Bonchev–Trinajstić information content (AvgIpc) is 3.23. The molecule has 6 heteroatoms. The molecule has 1 fully saturated rings. The molecule has 4 rings (SSSR count). The molecule has 1 heterocycles. The Balaban J connectivity index is 1.45. The van der Waals surface area contributed by atoms with Crippen molar-refractivity contribution in [1.82, 2.24) is 5.32 Å². The van der Waals surface area contributed by atoms with E-state index >= 15 is 0 Å². The maximum absolute atomic E-state index is 14.2. The molecule has 2 aromatic carbocycles. The van der Waals surface area contributed by atoms with Crippen molar-refractivity contribution in [1.29, 1.82) is 0 Å². The van der Waals surface area contributed by atoms with E-state index in [4.69, 9.17) is 4.74 Å². The number of halogens is 1. The minimum atomic E-state index is -2.30. The van der Waals surface area contributed by atoms with E-state index in [9.17, 15) is 14.0 Å². The second-order valence-corrected chi connectivity index (χ2v) is 6.51. The number of ether oxygens (including phenoxy) is 2. The molecule has 26 heavy (non-hydrogen) atoms. The molecule has 1 N–H and O–H groups in total. The van der Waals surface area contributed by atoms with Gasteiger partial charge in [0.1, 0.15) is 6.61 Å². The van der Waals surface area contributed by atoms with Crippen LogP contribution in [0.3, 0.4) is 0 Å². The molecule has 5 nitrogen and oxygen atoms in total. The fraction of sp³-hybridized carbons (Fsp3) is 0.300. The molecule has 0 amide bonds. The number of alkyl halides is 1. The van der Waals surface area contributed by atoms with Gasteiger partial charge in [0.25, 0.3) is 5.79 Å². The topological polar surface area (TPSA) is 64.6 Å². The van der Waals surface area contributed by atoms with Gasteiger partial charge >= 0.3 is 12.1 Å². The monoisotopic (exact) mass is 355 g/mol. The lowest BCUT2D eigenvalue weighted by Gasteiger charge is -2.17. The Morgan fingerprint density at radius 1 is 1.08 bits per heavy atom. The van der Waals surface area contributed by atoms with Crippen LogP contribution in [0.2, 0.25) is 0 Å². The number of fused-ring (bicyclic) bond motifs is 3. The quantitative estimate of drug-likeness (QED) is 0.518. The van der Waals surface area contributed by atoms with Crippen LogP contribution in [-0.2, 0) is 14.3 Å². The highest BCUT2D eigenvalue weighted by molar-refractivity contribution is 5.88. The zero-order valence-corrected chi connectivity index (χ0v) is 14.0. The van der Waals surface area contributed by atoms with Crippen molar-refractivity contribution in [3.63, 3.8) is 0 Å². The van der Waals surface area contributed by atoms with Gasteiger partial charge in [-0.25, -0.2) is 14.0 Å². The first-order valence-corrected chi connectivity index (χ1v) is 8.60. The van der Waals surface area contributed by atoms with E-state index in [0.717, 1.165) is 22.3 Å². The number of carbonyl (C=O) groups is 2. The summed E-state index contributed by atoms with van der Waals surface area (Å²) in [5, 5.41) is 2.41. The van der Waals surface area contributed by atoms with Crippen LogP contribution in [0.25, 0.3) is 11.1 Å². The van der Waals surface area contributed by atoms with Gasteiger partial charge in [0, 0.05) is 12.3 Å². The van der Waals surface area contributed by atoms with Gasteiger partial charge in [-0.2, -0.15) is 0 Å². The van der Waals surface area contributed by atoms with E-state index in [0.29, 0.717) is 13.0 Å². The second-order valence-electron chi connectivity index (χ2n) is 6.51. The lowest BCUT2D eigenvalue weighted by atomic mass is 9.98. The van der Waals surface area contributed by atoms with Crippen molar-refractivity contribution < 1.29 is 23.5 Å². The van der Waals surface area contributed by atoms with Crippen LogP contribution < -0.4 is 5.32 Å². The smallest absolute Gasteiger partial charge is 0.433 e. The van der Waals surface area contributed by atoms with E-state index in [-0.39, 0.29) is 18.9 Å². The van der Waals surface area contributed by atoms with E-state index in [1.165, 1.54) is 0 Å². The first-order chi connectivity index (χ1) is 12.6. The predicted octanol–water partition coefficient (Wildman–Crippen LogP) is 3.53. The molecule has 1 atom stereocenters. The molecule has 1 aliphatic carbocycles. The number of hydrogen-bond acceptors (Lipinski definition) is 5. The van der Waals surface area contributed by atoms with Gasteiger partial charge in [-0.1, -0.05) is 48.5 Å². The molecule has 0 unspecified atom stereocenters. The van der Waals surface area contributed by atoms with Gasteiger partial charge in [0.15, 0.2) is 0 Å². The van der Waals surface area contributed by atoms with Crippen LogP contribution in [0.5, 0.6) is 0 Å². The third kappa shape index (κ3) is 2.86. The van der Waals surface area contributed by atoms with Crippen LogP contribution >= 0.6 is 0 Å². The SMILES string of the molecule is O=C(OCC1c2ccccc2-c2ccccc21)OC(=O)[C@]1(F)CCCN1. The molecule has 0 spiro atoms. The van der Waals surface area contributed by atoms with Crippen molar-refractivity contribution in [3.05, 3.63) is 59.7 Å². The minimum absolute atomic E-state index is 0.0114. The summed E-state index contributed by atoms with van der Waals surface area (Å²) in [5.74, 6) is -3.69. The zero-order chi connectivity index (χ0) is 18.1. The maximum Gasteiger partial charge on any atom is 0.516 e. The summed E-state index contributed by atoms with van der Waals surface area (Å²) in [4.78, 5) is 23.7. The van der Waals surface area contributed by atoms with Crippen molar-refractivity contribution in [2.45, 2.75) is 24.6 Å². The summed E-state index contributed by atoms with van der Waals surface area (Å²) in [6.45, 7) is 0.392. The Labute approximate surface area is 150 Å². The fourth-order valence-corrected chi connectivity index (χ4v) is 3.66. The number of benzene rings is 2. The molecule has 2 aliphatic rings. The molecule has 2 aromatic rings. The zero-order valence-electron chi connectivity index (χ0n) is 14.0. The standard InChI is InChI=1S/C20H18FNO4/c21-20(10-5-11-22-20)18(23)26-19(24)25-12-17-15-8-3-1-6-13(15)14-7-2-4-9-16(14)17/h1-4,6-9,17,22H,5,10-12H2/t20-/m0/s1. The minimum Gasteiger partial charge on any atom is -0.433 e. The van der Waals surface area contributed by atoms with E-state index < -0.39 is 17.9 Å². The third-order valence-electron chi connectivity index (χ3n) is 4.93. The maximum atomic E-state index is 14.2. The summed E-state index contributed by atoms with van der Waals surface area (Å²) in [7, 11) is 0. The van der Waals surface area contributed by atoms with Crippen LogP contribution in [0, 0.1) is 0 Å². The van der Waals surface area contributed by atoms with Crippen LogP contribution in [0.4, 0.5) is 9.18 Å². The van der Waals surface area contributed by atoms with E-state index in [2.05, 4.69) is 10.1 Å². The van der Waals surface area contributed by atoms with Gasteiger partial charge in [0.2, 0.25) is 0 Å². The number of nitrogens with one attached hydrogen (secondary N) is 1. The highest BCUT2D eigenvalue weighted by Gasteiger charge is 2.44. The summed E-state index contributed by atoms with van der Waals surface area (Å²) in [6, 6.07) is 15.8. The van der Waals surface area contributed by atoms with Gasteiger partial charge in [-0.05, 0) is 35.2 Å². The normalized spacial score (nSPS) is 21.1. The molecule has 134 valence electrons. The number of esters is 1. The Hall–Kier alpha value is -2.73. The summed E-state index contributed by atoms with van der Waals surface area (Å²) < 4.78 is 23.9. The highest BCUT2D eigenvalue weighted by Crippen LogP contribution is 2.44. The Bertz CT molecular complexity index is 815. The fourth-order valence-electron chi connectivity index (χ4n) is 3.66. The predicted molar refractivity (Wildman–Crippen MR) is 92.2 cm³/mol.